The van der Waals surface area contributed by atoms with E-state index >= 15 is 0 Å². The molecular formula is C10H13BrFNO2S. The van der Waals surface area contributed by atoms with Gasteiger partial charge in [0.1, 0.15) is 10.5 Å². The van der Waals surface area contributed by atoms with Gasteiger partial charge in [-0.25, -0.2) is 12.8 Å². The van der Waals surface area contributed by atoms with E-state index in [9.17, 15) is 12.8 Å². The maximum atomic E-state index is 13.5. The van der Waals surface area contributed by atoms with Crippen LogP contribution in [0.25, 0.3) is 0 Å². The van der Waals surface area contributed by atoms with Gasteiger partial charge >= 0.3 is 0 Å². The van der Waals surface area contributed by atoms with Crippen molar-refractivity contribution in [1.82, 2.24) is 4.31 Å². The molecule has 0 fully saturated rings. The topological polar surface area (TPSA) is 37.4 Å². The Balaban J connectivity index is 3.04. The Kier molecular flexibility index (Phi) is 4.46. The summed E-state index contributed by atoms with van der Waals surface area (Å²) < 4.78 is 37.6. The van der Waals surface area contributed by atoms with Gasteiger partial charge in [0.05, 0.1) is 0 Å². The Morgan fingerprint density at radius 2 is 2.00 bits per heavy atom. The average Bonchev–Trinajstić information content (AvgIpc) is 2.27. The Bertz CT molecular complexity index is 464. The summed E-state index contributed by atoms with van der Waals surface area (Å²) in [5, 5.41) is 0. The minimum absolute atomic E-state index is 0.171. The molecule has 90 valence electrons. The van der Waals surface area contributed by atoms with Crippen LogP contribution in [0.3, 0.4) is 0 Å². The van der Waals surface area contributed by atoms with Crippen LogP contribution in [0.2, 0.25) is 0 Å². The predicted molar refractivity (Wildman–Crippen MR) is 65.3 cm³/mol. The van der Waals surface area contributed by atoms with Crippen LogP contribution in [0.15, 0.2) is 24.3 Å². The first-order valence-corrected chi connectivity index (χ1v) is 7.39. The zero-order valence-electron chi connectivity index (χ0n) is 9.02. The van der Waals surface area contributed by atoms with E-state index in [1.807, 2.05) is 0 Å². The molecular weight excluding hydrogens is 297 g/mol. The van der Waals surface area contributed by atoms with Crippen LogP contribution in [0.1, 0.15) is 18.5 Å². The second kappa shape index (κ2) is 5.25. The molecule has 0 aliphatic heterocycles. The van der Waals surface area contributed by atoms with E-state index in [0.29, 0.717) is 5.56 Å². The summed E-state index contributed by atoms with van der Waals surface area (Å²) in [6.07, 6.45) is 0. The molecule has 0 heterocycles. The fraction of sp³-hybridized carbons (Fsp3) is 0.400. The number of sulfonamides is 1. The van der Waals surface area contributed by atoms with Crippen molar-refractivity contribution < 1.29 is 12.8 Å². The number of alkyl halides is 1. The first-order chi connectivity index (χ1) is 7.40. The third kappa shape index (κ3) is 2.81. The van der Waals surface area contributed by atoms with E-state index in [1.54, 1.807) is 25.1 Å². The van der Waals surface area contributed by atoms with Gasteiger partial charge in [-0.1, -0.05) is 34.1 Å². The zero-order chi connectivity index (χ0) is 12.3. The largest absolute Gasteiger partial charge is 0.224 e. The molecule has 0 saturated carbocycles. The van der Waals surface area contributed by atoms with Crippen molar-refractivity contribution in [3.63, 3.8) is 0 Å². The van der Waals surface area contributed by atoms with Gasteiger partial charge < -0.3 is 0 Å². The summed E-state index contributed by atoms with van der Waals surface area (Å²) in [6, 6.07) is 5.64. The summed E-state index contributed by atoms with van der Waals surface area (Å²) >= 11 is 2.91. The van der Waals surface area contributed by atoms with Crippen molar-refractivity contribution in [3.05, 3.63) is 35.6 Å². The van der Waals surface area contributed by atoms with Crippen molar-refractivity contribution in [2.45, 2.75) is 13.0 Å². The normalized spacial score (nSPS) is 14.1. The highest BCUT2D eigenvalue weighted by atomic mass is 79.9. The fourth-order valence-corrected chi connectivity index (χ4v) is 3.05. The summed E-state index contributed by atoms with van der Waals surface area (Å²) in [5.41, 5.74) is 0.370. The minimum Gasteiger partial charge on any atom is -0.211 e. The van der Waals surface area contributed by atoms with E-state index in [4.69, 9.17) is 0 Å². The predicted octanol–water partition coefficient (Wildman–Crippen LogP) is 2.50. The summed E-state index contributed by atoms with van der Waals surface area (Å²) in [5.74, 6) is -0.397. The van der Waals surface area contributed by atoms with Crippen LogP contribution in [0.4, 0.5) is 4.39 Å². The van der Waals surface area contributed by atoms with E-state index in [1.165, 1.54) is 13.1 Å². The molecule has 0 radical (unpaired) electrons. The van der Waals surface area contributed by atoms with Crippen molar-refractivity contribution in [1.29, 1.82) is 0 Å². The first kappa shape index (κ1) is 13.6. The summed E-state index contributed by atoms with van der Waals surface area (Å²) in [6.45, 7) is 1.65. The van der Waals surface area contributed by atoms with Crippen LogP contribution in [0.5, 0.6) is 0 Å². The van der Waals surface area contributed by atoms with Crippen LogP contribution in [0, 0.1) is 5.82 Å². The van der Waals surface area contributed by atoms with Gasteiger partial charge in [0, 0.05) is 18.7 Å². The summed E-state index contributed by atoms with van der Waals surface area (Å²) in [4.78, 5) is 0. The number of nitrogens with zero attached hydrogens (tertiary/aromatic N) is 1. The van der Waals surface area contributed by atoms with Crippen LogP contribution in [-0.2, 0) is 10.0 Å². The molecule has 0 aliphatic carbocycles. The summed E-state index contributed by atoms with van der Waals surface area (Å²) in [7, 11) is -1.94. The molecule has 3 nitrogen and oxygen atoms in total. The van der Waals surface area contributed by atoms with Crippen molar-refractivity contribution in [2.75, 3.05) is 11.7 Å². The molecule has 0 aliphatic rings. The van der Waals surface area contributed by atoms with Crippen molar-refractivity contribution in [3.8, 4) is 0 Å². The van der Waals surface area contributed by atoms with Gasteiger partial charge in [-0.15, -0.1) is 0 Å². The van der Waals surface area contributed by atoms with Gasteiger partial charge in [0.2, 0.25) is 10.0 Å². The Morgan fingerprint density at radius 3 is 2.50 bits per heavy atom. The molecule has 1 aromatic rings. The number of hydrogen-bond donors (Lipinski definition) is 0. The Hall–Kier alpha value is -0.460. The van der Waals surface area contributed by atoms with Crippen molar-refractivity contribution in [2.24, 2.45) is 0 Å². The molecule has 0 bridgehead atoms. The smallest absolute Gasteiger partial charge is 0.211 e. The minimum atomic E-state index is -3.38. The van der Waals surface area contributed by atoms with Crippen LogP contribution >= 0.6 is 15.9 Å². The molecule has 1 unspecified atom stereocenters. The highest BCUT2D eigenvalue weighted by Gasteiger charge is 2.24. The molecule has 6 heteroatoms. The lowest BCUT2D eigenvalue weighted by molar-refractivity contribution is 0.390. The van der Waals surface area contributed by atoms with E-state index in [0.717, 1.165) is 4.31 Å². The van der Waals surface area contributed by atoms with Gasteiger partial charge in [-0.2, -0.15) is 4.31 Å². The molecule has 0 amide bonds. The number of benzene rings is 1. The zero-order valence-corrected chi connectivity index (χ0v) is 11.4. The highest BCUT2D eigenvalue weighted by Crippen LogP contribution is 2.24. The molecule has 1 atom stereocenters. The molecule has 0 N–H and O–H groups in total. The maximum Gasteiger partial charge on any atom is 0.224 e. The van der Waals surface area contributed by atoms with Gasteiger partial charge in [0.25, 0.3) is 0 Å². The Labute approximate surface area is 103 Å². The van der Waals surface area contributed by atoms with E-state index in [-0.39, 0.29) is 4.66 Å². The van der Waals surface area contributed by atoms with E-state index in [2.05, 4.69) is 15.9 Å². The van der Waals surface area contributed by atoms with Crippen LogP contribution < -0.4 is 0 Å². The standard InChI is InChI=1S/C10H13BrFNO2S/c1-8(13(2)16(14,15)7-11)9-5-3-4-6-10(9)12/h3-6,8H,7H2,1-2H3. The van der Waals surface area contributed by atoms with Crippen LogP contribution in [-0.4, -0.2) is 24.4 Å². The molecule has 1 rings (SSSR count). The van der Waals surface area contributed by atoms with Gasteiger partial charge in [0.15, 0.2) is 0 Å². The molecule has 0 spiro atoms. The monoisotopic (exact) mass is 309 g/mol. The SMILES string of the molecule is CC(c1ccccc1F)N(C)S(=O)(=O)CBr. The highest BCUT2D eigenvalue weighted by molar-refractivity contribution is 9.10. The third-order valence-corrected chi connectivity index (χ3v) is 5.68. The van der Waals surface area contributed by atoms with E-state index < -0.39 is 21.9 Å². The molecule has 0 aromatic heterocycles. The van der Waals surface area contributed by atoms with Gasteiger partial charge in [-0.3, -0.25) is 0 Å². The first-order valence-electron chi connectivity index (χ1n) is 4.66. The molecule has 16 heavy (non-hydrogen) atoms. The Morgan fingerprint density at radius 1 is 1.44 bits per heavy atom. The molecule has 0 saturated heterocycles. The average molecular weight is 310 g/mol. The second-order valence-electron chi connectivity index (χ2n) is 3.43. The lowest BCUT2D eigenvalue weighted by atomic mass is 10.1. The quantitative estimate of drug-likeness (QED) is 0.801. The number of hydrogen-bond acceptors (Lipinski definition) is 2. The lowest BCUT2D eigenvalue weighted by Gasteiger charge is -2.23. The fourth-order valence-electron chi connectivity index (χ4n) is 1.33. The number of halogens is 2. The maximum absolute atomic E-state index is 13.5. The molecule has 1 aromatic carbocycles. The second-order valence-corrected chi connectivity index (χ2v) is 6.77. The van der Waals surface area contributed by atoms with Crippen molar-refractivity contribution >= 4 is 26.0 Å². The number of rotatable bonds is 4. The lowest BCUT2D eigenvalue weighted by Crippen LogP contribution is -2.30. The van der Waals surface area contributed by atoms with Gasteiger partial charge in [-0.05, 0) is 13.0 Å². The third-order valence-electron chi connectivity index (χ3n) is 2.48.